The lowest BCUT2D eigenvalue weighted by molar-refractivity contribution is -0.141. The van der Waals surface area contributed by atoms with E-state index in [1.807, 2.05) is 0 Å². The van der Waals surface area contributed by atoms with Gasteiger partial charge >= 0.3 is 5.97 Å². The van der Waals surface area contributed by atoms with Crippen molar-refractivity contribution in [2.45, 2.75) is 13.0 Å². The van der Waals surface area contributed by atoms with E-state index in [9.17, 15) is 4.79 Å². The molecule has 88 valence electrons. The fourth-order valence-electron chi connectivity index (χ4n) is 1.13. The highest BCUT2D eigenvalue weighted by Gasteiger charge is 2.17. The minimum absolute atomic E-state index is 0.206. The molecule has 0 aliphatic heterocycles. The van der Waals surface area contributed by atoms with Crippen molar-refractivity contribution in [2.75, 3.05) is 25.3 Å². The van der Waals surface area contributed by atoms with E-state index < -0.39 is 12.0 Å². The van der Waals surface area contributed by atoms with Crippen LogP contribution in [0.25, 0.3) is 0 Å². The number of aromatic nitrogens is 2. The molecule has 0 aliphatic rings. The Hall–Kier alpha value is -2.05. The van der Waals surface area contributed by atoms with Crippen molar-refractivity contribution in [3.63, 3.8) is 0 Å². The van der Waals surface area contributed by atoms with E-state index in [4.69, 9.17) is 10.5 Å². The van der Waals surface area contributed by atoms with Crippen LogP contribution in [-0.2, 0) is 9.53 Å². The third-order valence-electron chi connectivity index (χ3n) is 1.94. The van der Waals surface area contributed by atoms with E-state index in [-0.39, 0.29) is 5.82 Å². The van der Waals surface area contributed by atoms with Crippen molar-refractivity contribution in [3.8, 4) is 5.75 Å². The molecule has 0 fully saturated rings. The van der Waals surface area contributed by atoms with E-state index in [1.165, 1.54) is 20.5 Å². The molecular weight excluding hydrogens is 212 g/mol. The Morgan fingerprint density at radius 3 is 2.75 bits per heavy atom. The Morgan fingerprint density at radius 1 is 1.50 bits per heavy atom. The highest BCUT2D eigenvalue weighted by molar-refractivity contribution is 5.79. The summed E-state index contributed by atoms with van der Waals surface area (Å²) in [5, 5.41) is 2.82. The Balaban J connectivity index is 2.88. The highest BCUT2D eigenvalue weighted by atomic mass is 16.5. The summed E-state index contributed by atoms with van der Waals surface area (Å²) in [5.74, 6) is 0.461. The molecule has 0 saturated carbocycles. The molecule has 1 heterocycles. The number of rotatable bonds is 4. The third-order valence-corrected chi connectivity index (χ3v) is 1.94. The number of nitrogen functional groups attached to an aromatic ring is 1. The normalized spacial score (nSPS) is 11.7. The molecule has 1 rings (SSSR count). The first kappa shape index (κ1) is 12.0. The van der Waals surface area contributed by atoms with Gasteiger partial charge < -0.3 is 20.5 Å². The summed E-state index contributed by atoms with van der Waals surface area (Å²) in [6, 6.07) is -0.548. The number of carbonyl (C=O) groups is 1. The van der Waals surface area contributed by atoms with Crippen molar-refractivity contribution in [1.29, 1.82) is 0 Å². The molecular formula is C9H14N4O3. The predicted octanol–water partition coefficient (Wildman–Crippen LogP) is 0.0408. The summed E-state index contributed by atoms with van der Waals surface area (Å²) in [6.07, 6.45) is 1.28. The van der Waals surface area contributed by atoms with Gasteiger partial charge in [0.2, 0.25) is 5.75 Å². The Labute approximate surface area is 93.0 Å². The summed E-state index contributed by atoms with van der Waals surface area (Å²) < 4.78 is 9.60. The molecule has 0 spiro atoms. The van der Waals surface area contributed by atoms with E-state index in [2.05, 4.69) is 20.0 Å². The van der Waals surface area contributed by atoms with Crippen molar-refractivity contribution in [3.05, 3.63) is 6.33 Å². The van der Waals surface area contributed by atoms with Crippen LogP contribution < -0.4 is 15.8 Å². The summed E-state index contributed by atoms with van der Waals surface area (Å²) in [6.45, 7) is 1.64. The summed E-state index contributed by atoms with van der Waals surface area (Å²) in [5.41, 5.74) is 5.58. The quantitative estimate of drug-likeness (QED) is 0.699. The molecule has 1 unspecified atom stereocenters. The van der Waals surface area contributed by atoms with E-state index >= 15 is 0 Å². The van der Waals surface area contributed by atoms with Crippen LogP contribution in [0.5, 0.6) is 5.75 Å². The molecule has 0 saturated heterocycles. The smallest absolute Gasteiger partial charge is 0.328 e. The first-order valence-corrected chi connectivity index (χ1v) is 4.59. The zero-order chi connectivity index (χ0) is 12.1. The van der Waals surface area contributed by atoms with Gasteiger partial charge in [0, 0.05) is 0 Å². The molecule has 3 N–H and O–H groups in total. The van der Waals surface area contributed by atoms with Crippen LogP contribution in [-0.4, -0.2) is 36.2 Å². The maximum Gasteiger partial charge on any atom is 0.328 e. The van der Waals surface area contributed by atoms with Crippen LogP contribution in [0.4, 0.5) is 11.6 Å². The van der Waals surface area contributed by atoms with Crippen molar-refractivity contribution in [1.82, 2.24) is 9.97 Å². The van der Waals surface area contributed by atoms with Gasteiger partial charge in [-0.25, -0.2) is 14.8 Å². The molecule has 7 heteroatoms. The molecule has 1 aromatic rings. The molecule has 0 amide bonds. The number of nitrogens with two attached hydrogens (primary N) is 1. The number of anilines is 2. The molecule has 0 radical (unpaired) electrons. The van der Waals surface area contributed by atoms with Gasteiger partial charge in [0.15, 0.2) is 11.6 Å². The van der Waals surface area contributed by atoms with Gasteiger partial charge in [-0.1, -0.05) is 0 Å². The van der Waals surface area contributed by atoms with E-state index in [0.717, 1.165) is 0 Å². The van der Waals surface area contributed by atoms with Gasteiger partial charge in [-0.2, -0.15) is 0 Å². The number of esters is 1. The van der Waals surface area contributed by atoms with Crippen LogP contribution in [0.3, 0.4) is 0 Å². The minimum atomic E-state index is -0.548. The topological polar surface area (TPSA) is 99.4 Å². The van der Waals surface area contributed by atoms with E-state index in [0.29, 0.717) is 11.6 Å². The number of hydrogen-bond donors (Lipinski definition) is 2. The van der Waals surface area contributed by atoms with Crippen LogP contribution >= 0.6 is 0 Å². The molecule has 0 bridgehead atoms. The molecule has 0 aromatic carbocycles. The summed E-state index contributed by atoms with van der Waals surface area (Å²) in [4.78, 5) is 18.9. The second kappa shape index (κ2) is 5.15. The maximum atomic E-state index is 11.2. The van der Waals surface area contributed by atoms with Gasteiger partial charge in [0.1, 0.15) is 12.4 Å². The molecule has 1 aromatic heterocycles. The SMILES string of the molecule is COC(=O)C(C)Nc1ncnc(N)c1OC. The number of nitrogens with zero attached hydrogens (tertiary/aromatic N) is 2. The van der Waals surface area contributed by atoms with Gasteiger partial charge in [-0.05, 0) is 6.92 Å². The van der Waals surface area contributed by atoms with Crippen LogP contribution in [0.15, 0.2) is 6.33 Å². The van der Waals surface area contributed by atoms with Crippen LogP contribution in [0.2, 0.25) is 0 Å². The number of nitrogens with one attached hydrogen (secondary N) is 1. The predicted molar refractivity (Wildman–Crippen MR) is 58.1 cm³/mol. The van der Waals surface area contributed by atoms with E-state index in [1.54, 1.807) is 6.92 Å². The average molecular weight is 226 g/mol. The zero-order valence-corrected chi connectivity index (χ0v) is 9.35. The minimum Gasteiger partial charge on any atom is -0.490 e. The second-order valence-electron chi connectivity index (χ2n) is 3.03. The van der Waals surface area contributed by atoms with Crippen molar-refractivity contribution < 1.29 is 14.3 Å². The van der Waals surface area contributed by atoms with Gasteiger partial charge in [-0.15, -0.1) is 0 Å². The molecule has 16 heavy (non-hydrogen) atoms. The average Bonchev–Trinajstić information content (AvgIpc) is 2.28. The molecule has 7 nitrogen and oxygen atoms in total. The Morgan fingerprint density at radius 2 is 2.19 bits per heavy atom. The molecule has 1 atom stereocenters. The van der Waals surface area contributed by atoms with Crippen LogP contribution in [0.1, 0.15) is 6.92 Å². The first-order valence-electron chi connectivity index (χ1n) is 4.59. The number of carbonyl (C=O) groups excluding carboxylic acids is 1. The van der Waals surface area contributed by atoms with Crippen molar-refractivity contribution >= 4 is 17.6 Å². The third kappa shape index (κ3) is 2.50. The fraction of sp³-hybridized carbons (Fsp3) is 0.444. The summed E-state index contributed by atoms with van der Waals surface area (Å²) >= 11 is 0. The second-order valence-corrected chi connectivity index (χ2v) is 3.03. The molecule has 0 aliphatic carbocycles. The largest absolute Gasteiger partial charge is 0.490 e. The summed E-state index contributed by atoms with van der Waals surface area (Å²) in [7, 11) is 2.76. The standard InChI is InChI=1S/C9H14N4O3/c1-5(9(14)16-3)13-8-6(15-2)7(10)11-4-12-8/h4-5H,1-3H3,(H3,10,11,12,13). The maximum absolute atomic E-state index is 11.2. The van der Waals surface area contributed by atoms with Crippen LogP contribution in [0, 0.1) is 0 Å². The fourth-order valence-corrected chi connectivity index (χ4v) is 1.13. The lowest BCUT2D eigenvalue weighted by Crippen LogP contribution is -2.28. The van der Waals surface area contributed by atoms with Gasteiger partial charge in [-0.3, -0.25) is 0 Å². The zero-order valence-electron chi connectivity index (χ0n) is 9.35. The van der Waals surface area contributed by atoms with Gasteiger partial charge in [0.25, 0.3) is 0 Å². The van der Waals surface area contributed by atoms with Crippen molar-refractivity contribution in [2.24, 2.45) is 0 Å². The lowest BCUT2D eigenvalue weighted by Gasteiger charge is -2.14. The lowest BCUT2D eigenvalue weighted by atomic mass is 10.3. The number of hydrogen-bond acceptors (Lipinski definition) is 7. The Bertz CT molecular complexity index is 383. The number of methoxy groups -OCH3 is 2. The highest BCUT2D eigenvalue weighted by Crippen LogP contribution is 2.26. The number of ether oxygens (including phenoxy) is 2. The Kier molecular flexibility index (Phi) is 3.87. The first-order chi connectivity index (χ1) is 7.60. The van der Waals surface area contributed by atoms with Gasteiger partial charge in [0.05, 0.1) is 14.2 Å². The monoisotopic (exact) mass is 226 g/mol.